The lowest BCUT2D eigenvalue weighted by Crippen LogP contribution is -2.22. The molecule has 3 nitrogen and oxygen atoms in total. The molecule has 1 aromatic carbocycles. The number of rotatable bonds is 2. The summed E-state index contributed by atoms with van der Waals surface area (Å²) in [6.07, 6.45) is 0.982. The molecule has 0 radical (unpaired) electrons. The molecule has 1 atom stereocenters. The van der Waals surface area contributed by atoms with Crippen LogP contribution in [0.4, 0.5) is 5.69 Å². The zero-order valence-electron chi connectivity index (χ0n) is 11.0. The summed E-state index contributed by atoms with van der Waals surface area (Å²) >= 11 is 1.85. The molecule has 1 unspecified atom stereocenters. The van der Waals surface area contributed by atoms with Gasteiger partial charge in [0.2, 0.25) is 5.91 Å². The molecule has 0 aliphatic carbocycles. The van der Waals surface area contributed by atoms with Crippen molar-refractivity contribution in [3.63, 3.8) is 0 Å². The summed E-state index contributed by atoms with van der Waals surface area (Å²) < 4.78 is 0. The molecule has 0 spiro atoms. The molecular weight excluding hydrogens is 256 g/mol. The van der Waals surface area contributed by atoms with Gasteiger partial charge in [0.15, 0.2) is 0 Å². The Morgan fingerprint density at radius 1 is 1.58 bits per heavy atom. The van der Waals surface area contributed by atoms with E-state index in [1.807, 2.05) is 36.9 Å². The van der Waals surface area contributed by atoms with Crippen LogP contribution in [0, 0.1) is 24.7 Å². The highest BCUT2D eigenvalue weighted by Gasteiger charge is 2.23. The van der Waals surface area contributed by atoms with Crippen LogP contribution in [-0.4, -0.2) is 24.0 Å². The molecule has 2 rings (SSSR count). The minimum Gasteiger partial charge on any atom is -0.326 e. The SMILES string of the molecule is Cc1cc(C#CCN)ccc1NC(=O)C1CCSC1. The Morgan fingerprint density at radius 2 is 2.42 bits per heavy atom. The van der Waals surface area contributed by atoms with E-state index in [4.69, 9.17) is 5.73 Å². The minimum absolute atomic E-state index is 0.133. The highest BCUT2D eigenvalue weighted by atomic mass is 32.2. The quantitative estimate of drug-likeness (QED) is 0.811. The number of benzene rings is 1. The van der Waals surface area contributed by atoms with E-state index >= 15 is 0 Å². The molecular formula is C15H18N2OS. The van der Waals surface area contributed by atoms with E-state index < -0.39 is 0 Å². The number of hydrogen-bond acceptors (Lipinski definition) is 3. The van der Waals surface area contributed by atoms with Crippen LogP contribution in [-0.2, 0) is 4.79 Å². The lowest BCUT2D eigenvalue weighted by Gasteiger charge is -2.12. The summed E-state index contributed by atoms with van der Waals surface area (Å²) in [6.45, 7) is 2.34. The normalized spacial score (nSPS) is 17.7. The van der Waals surface area contributed by atoms with Crippen LogP contribution in [0.5, 0.6) is 0 Å². The van der Waals surface area contributed by atoms with Crippen molar-refractivity contribution in [2.75, 3.05) is 23.4 Å². The lowest BCUT2D eigenvalue weighted by molar-refractivity contribution is -0.119. The van der Waals surface area contributed by atoms with Gasteiger partial charge in [-0.1, -0.05) is 11.8 Å². The molecule has 0 saturated carbocycles. The Bertz CT molecular complexity index is 525. The van der Waals surface area contributed by atoms with Crippen molar-refractivity contribution in [2.24, 2.45) is 11.7 Å². The third-order valence-corrected chi connectivity index (χ3v) is 4.28. The average Bonchev–Trinajstić information content (AvgIpc) is 2.93. The summed E-state index contributed by atoms with van der Waals surface area (Å²) in [5.41, 5.74) is 8.18. The summed E-state index contributed by atoms with van der Waals surface area (Å²) in [5.74, 6) is 8.12. The third-order valence-electron chi connectivity index (χ3n) is 3.12. The number of aryl methyl sites for hydroxylation is 1. The van der Waals surface area contributed by atoms with E-state index in [1.165, 1.54) is 0 Å². The van der Waals surface area contributed by atoms with E-state index in [-0.39, 0.29) is 11.8 Å². The summed E-state index contributed by atoms with van der Waals surface area (Å²) in [6, 6.07) is 5.80. The number of nitrogens with two attached hydrogens (primary N) is 1. The lowest BCUT2D eigenvalue weighted by atomic mass is 10.1. The molecule has 3 N–H and O–H groups in total. The maximum Gasteiger partial charge on any atom is 0.228 e. The van der Waals surface area contributed by atoms with Gasteiger partial charge in [-0.05, 0) is 42.9 Å². The molecule has 0 bridgehead atoms. The van der Waals surface area contributed by atoms with Gasteiger partial charge in [-0.15, -0.1) is 0 Å². The molecule has 100 valence electrons. The van der Waals surface area contributed by atoms with Gasteiger partial charge >= 0.3 is 0 Å². The Morgan fingerprint density at radius 3 is 3.05 bits per heavy atom. The zero-order chi connectivity index (χ0) is 13.7. The molecule has 19 heavy (non-hydrogen) atoms. The second kappa shape index (κ2) is 6.65. The van der Waals surface area contributed by atoms with Gasteiger partial charge in [0.1, 0.15) is 0 Å². The third kappa shape index (κ3) is 3.76. The first-order chi connectivity index (χ1) is 9.20. The molecule has 1 saturated heterocycles. The van der Waals surface area contributed by atoms with Gasteiger partial charge in [-0.2, -0.15) is 11.8 Å². The Kier molecular flexibility index (Phi) is 4.89. The van der Waals surface area contributed by atoms with E-state index in [9.17, 15) is 4.79 Å². The zero-order valence-corrected chi connectivity index (χ0v) is 11.8. The molecule has 1 amide bonds. The maximum absolute atomic E-state index is 12.1. The first kappa shape index (κ1) is 14.0. The Hall–Kier alpha value is -1.44. The smallest absolute Gasteiger partial charge is 0.228 e. The molecule has 1 aromatic rings. The number of thioether (sulfide) groups is 1. The van der Waals surface area contributed by atoms with Crippen molar-refractivity contribution in [3.8, 4) is 11.8 Å². The van der Waals surface area contributed by atoms with Crippen LogP contribution in [0.15, 0.2) is 18.2 Å². The Labute approximate surface area is 118 Å². The van der Waals surface area contributed by atoms with E-state index in [1.54, 1.807) is 0 Å². The molecule has 1 aliphatic heterocycles. The minimum atomic E-state index is 0.133. The van der Waals surface area contributed by atoms with Gasteiger partial charge in [-0.3, -0.25) is 4.79 Å². The van der Waals surface area contributed by atoms with Crippen LogP contribution >= 0.6 is 11.8 Å². The Balaban J connectivity index is 2.06. The second-order valence-corrected chi connectivity index (χ2v) is 5.74. The molecule has 4 heteroatoms. The predicted octanol–water partition coefficient (Wildman–Crippen LogP) is 2.00. The number of hydrogen-bond donors (Lipinski definition) is 2. The standard InChI is InChI=1S/C15H18N2OS/c1-11-9-12(3-2-7-16)4-5-14(11)17-15(18)13-6-8-19-10-13/h4-5,9,13H,6-8,10,16H2,1H3,(H,17,18). The van der Waals surface area contributed by atoms with Gasteiger partial charge in [0, 0.05) is 22.9 Å². The van der Waals surface area contributed by atoms with Crippen molar-refractivity contribution >= 4 is 23.4 Å². The van der Waals surface area contributed by atoms with Crippen LogP contribution in [0.3, 0.4) is 0 Å². The van der Waals surface area contributed by atoms with Crippen molar-refractivity contribution in [1.29, 1.82) is 0 Å². The number of carbonyl (C=O) groups excluding carboxylic acids is 1. The average molecular weight is 274 g/mol. The van der Waals surface area contributed by atoms with Crippen LogP contribution in [0.1, 0.15) is 17.5 Å². The van der Waals surface area contributed by atoms with Crippen LogP contribution < -0.4 is 11.1 Å². The fraction of sp³-hybridized carbons (Fsp3) is 0.400. The van der Waals surface area contributed by atoms with E-state index in [0.717, 1.165) is 34.7 Å². The second-order valence-electron chi connectivity index (χ2n) is 4.59. The fourth-order valence-corrected chi connectivity index (χ4v) is 3.23. The van der Waals surface area contributed by atoms with Crippen molar-refractivity contribution < 1.29 is 4.79 Å². The molecule has 1 aliphatic rings. The van der Waals surface area contributed by atoms with Crippen molar-refractivity contribution in [1.82, 2.24) is 0 Å². The highest BCUT2D eigenvalue weighted by Crippen LogP contribution is 2.25. The first-order valence-electron chi connectivity index (χ1n) is 6.39. The fourth-order valence-electron chi connectivity index (χ4n) is 2.01. The summed E-state index contributed by atoms with van der Waals surface area (Å²) in [4.78, 5) is 12.1. The maximum atomic E-state index is 12.1. The summed E-state index contributed by atoms with van der Waals surface area (Å²) in [5, 5.41) is 3.01. The van der Waals surface area contributed by atoms with E-state index in [0.29, 0.717) is 6.54 Å². The van der Waals surface area contributed by atoms with Crippen molar-refractivity contribution in [3.05, 3.63) is 29.3 Å². The van der Waals surface area contributed by atoms with Crippen LogP contribution in [0.25, 0.3) is 0 Å². The van der Waals surface area contributed by atoms with Gasteiger partial charge in [0.25, 0.3) is 0 Å². The van der Waals surface area contributed by atoms with E-state index in [2.05, 4.69) is 17.2 Å². The first-order valence-corrected chi connectivity index (χ1v) is 7.54. The number of amides is 1. The van der Waals surface area contributed by atoms with Gasteiger partial charge in [-0.25, -0.2) is 0 Å². The molecule has 1 heterocycles. The monoisotopic (exact) mass is 274 g/mol. The predicted molar refractivity (Wildman–Crippen MR) is 81.2 cm³/mol. The number of carbonyl (C=O) groups is 1. The number of nitrogens with one attached hydrogen (secondary N) is 1. The molecule has 0 aromatic heterocycles. The van der Waals surface area contributed by atoms with Gasteiger partial charge in [0.05, 0.1) is 6.54 Å². The van der Waals surface area contributed by atoms with Gasteiger partial charge < -0.3 is 11.1 Å². The highest BCUT2D eigenvalue weighted by molar-refractivity contribution is 7.99. The summed E-state index contributed by atoms with van der Waals surface area (Å²) in [7, 11) is 0. The van der Waals surface area contributed by atoms with Crippen molar-refractivity contribution in [2.45, 2.75) is 13.3 Å². The molecule has 1 fully saturated rings. The van der Waals surface area contributed by atoms with Crippen LogP contribution in [0.2, 0.25) is 0 Å². The topological polar surface area (TPSA) is 55.1 Å². The largest absolute Gasteiger partial charge is 0.326 e. The number of anilines is 1.